The third kappa shape index (κ3) is 3.83. The number of carbonyl (C=O) groups excluding carboxylic acids is 1. The van der Waals surface area contributed by atoms with Gasteiger partial charge in [-0.15, -0.1) is 0 Å². The lowest BCUT2D eigenvalue weighted by molar-refractivity contribution is 0.0793. The maximum Gasteiger partial charge on any atom is 0.253 e. The second kappa shape index (κ2) is 7.05. The summed E-state index contributed by atoms with van der Waals surface area (Å²) in [7, 11) is 0. The first-order valence-corrected chi connectivity index (χ1v) is 8.15. The fourth-order valence-electron chi connectivity index (χ4n) is 3.16. The maximum atomic E-state index is 12.3. The summed E-state index contributed by atoms with van der Waals surface area (Å²) in [4.78, 5) is 14.2. The molecule has 2 saturated heterocycles. The number of nitrogens with one attached hydrogen (secondary N) is 2. The normalized spacial score (nSPS) is 22.5. The molecule has 0 saturated carbocycles. The van der Waals surface area contributed by atoms with E-state index in [9.17, 15) is 4.79 Å². The highest BCUT2D eigenvalue weighted by molar-refractivity contribution is 5.94. The first kappa shape index (κ1) is 14.5. The molecule has 1 atom stereocenters. The average Bonchev–Trinajstić information content (AvgIpc) is 3.08. The summed E-state index contributed by atoms with van der Waals surface area (Å²) in [6.45, 7) is 4.91. The molecule has 1 aromatic carbocycles. The van der Waals surface area contributed by atoms with Gasteiger partial charge in [0.1, 0.15) is 0 Å². The van der Waals surface area contributed by atoms with Gasteiger partial charge in [-0.05, 0) is 49.9 Å². The van der Waals surface area contributed by atoms with E-state index in [0.717, 1.165) is 51.1 Å². The third-order valence-electron chi connectivity index (χ3n) is 4.49. The van der Waals surface area contributed by atoms with Crippen LogP contribution in [0.15, 0.2) is 24.3 Å². The number of amides is 1. The molecule has 4 nitrogen and oxygen atoms in total. The molecule has 0 aliphatic carbocycles. The van der Waals surface area contributed by atoms with Crippen molar-refractivity contribution in [1.82, 2.24) is 15.5 Å². The lowest BCUT2D eigenvalue weighted by atomic mass is 10.1. The molecule has 114 valence electrons. The second-order valence-electron chi connectivity index (χ2n) is 6.12. The molecular weight excluding hydrogens is 262 g/mol. The maximum absolute atomic E-state index is 12.3. The molecule has 0 bridgehead atoms. The molecule has 0 aromatic heterocycles. The molecule has 21 heavy (non-hydrogen) atoms. The Morgan fingerprint density at radius 1 is 1.19 bits per heavy atom. The van der Waals surface area contributed by atoms with Gasteiger partial charge in [0.25, 0.3) is 5.91 Å². The van der Waals surface area contributed by atoms with Gasteiger partial charge in [0.2, 0.25) is 0 Å². The Balaban J connectivity index is 1.52. The van der Waals surface area contributed by atoms with Gasteiger partial charge in [-0.2, -0.15) is 0 Å². The Kier molecular flexibility index (Phi) is 4.88. The highest BCUT2D eigenvalue weighted by Gasteiger charge is 2.19. The Morgan fingerprint density at radius 3 is 2.62 bits per heavy atom. The summed E-state index contributed by atoms with van der Waals surface area (Å²) in [5.41, 5.74) is 2.07. The minimum absolute atomic E-state index is 0.184. The van der Waals surface area contributed by atoms with E-state index in [0.29, 0.717) is 6.04 Å². The Bertz CT molecular complexity index is 459. The molecule has 2 heterocycles. The molecule has 4 heteroatoms. The average molecular weight is 287 g/mol. The fraction of sp³-hybridized carbons (Fsp3) is 0.588. The van der Waals surface area contributed by atoms with Crippen LogP contribution < -0.4 is 10.6 Å². The van der Waals surface area contributed by atoms with E-state index in [1.165, 1.54) is 18.4 Å². The highest BCUT2D eigenvalue weighted by Crippen LogP contribution is 2.14. The number of rotatable bonds is 4. The highest BCUT2D eigenvalue weighted by atomic mass is 16.2. The van der Waals surface area contributed by atoms with Gasteiger partial charge < -0.3 is 15.5 Å². The van der Waals surface area contributed by atoms with E-state index in [-0.39, 0.29) is 5.91 Å². The molecule has 1 aromatic rings. The first-order chi connectivity index (χ1) is 10.3. The van der Waals surface area contributed by atoms with Crippen LogP contribution in [0.5, 0.6) is 0 Å². The van der Waals surface area contributed by atoms with Crippen molar-refractivity contribution in [1.29, 1.82) is 0 Å². The van der Waals surface area contributed by atoms with Crippen molar-refractivity contribution < 1.29 is 4.79 Å². The van der Waals surface area contributed by atoms with Gasteiger partial charge in [-0.3, -0.25) is 4.79 Å². The van der Waals surface area contributed by atoms with Crippen molar-refractivity contribution in [3.05, 3.63) is 35.4 Å². The van der Waals surface area contributed by atoms with Crippen LogP contribution in [0.2, 0.25) is 0 Å². The summed E-state index contributed by atoms with van der Waals surface area (Å²) in [5, 5.41) is 7.00. The Labute approximate surface area is 126 Å². The summed E-state index contributed by atoms with van der Waals surface area (Å²) < 4.78 is 0. The van der Waals surface area contributed by atoms with Crippen molar-refractivity contribution in [3.8, 4) is 0 Å². The van der Waals surface area contributed by atoms with Crippen LogP contribution in [-0.4, -0.2) is 43.0 Å². The van der Waals surface area contributed by atoms with Crippen LogP contribution in [0.1, 0.15) is 41.6 Å². The van der Waals surface area contributed by atoms with Crippen LogP contribution in [0.25, 0.3) is 0 Å². The first-order valence-electron chi connectivity index (χ1n) is 8.15. The van der Waals surface area contributed by atoms with Crippen molar-refractivity contribution in [2.45, 2.75) is 38.3 Å². The zero-order chi connectivity index (χ0) is 14.5. The predicted octanol–water partition coefficient (Wildman–Crippen LogP) is 1.76. The number of hydrogen-bond donors (Lipinski definition) is 2. The van der Waals surface area contributed by atoms with Crippen molar-refractivity contribution in [2.75, 3.05) is 26.2 Å². The molecule has 3 rings (SSSR count). The zero-order valence-corrected chi connectivity index (χ0v) is 12.6. The largest absolute Gasteiger partial charge is 0.339 e. The van der Waals surface area contributed by atoms with Crippen LogP contribution in [0.4, 0.5) is 0 Å². The molecule has 2 fully saturated rings. The number of carbonyl (C=O) groups is 1. The van der Waals surface area contributed by atoms with Crippen LogP contribution in [0.3, 0.4) is 0 Å². The monoisotopic (exact) mass is 287 g/mol. The van der Waals surface area contributed by atoms with E-state index in [1.807, 2.05) is 17.0 Å². The van der Waals surface area contributed by atoms with Gasteiger partial charge in [0, 0.05) is 37.8 Å². The third-order valence-corrected chi connectivity index (χ3v) is 4.49. The number of hydrogen-bond acceptors (Lipinski definition) is 3. The van der Waals surface area contributed by atoms with Gasteiger partial charge in [0.15, 0.2) is 0 Å². The van der Waals surface area contributed by atoms with Gasteiger partial charge >= 0.3 is 0 Å². The molecule has 2 N–H and O–H groups in total. The van der Waals surface area contributed by atoms with Gasteiger partial charge in [-0.25, -0.2) is 0 Å². The topological polar surface area (TPSA) is 44.4 Å². The quantitative estimate of drug-likeness (QED) is 0.887. The van der Waals surface area contributed by atoms with E-state index in [4.69, 9.17) is 0 Å². The van der Waals surface area contributed by atoms with E-state index >= 15 is 0 Å². The number of benzene rings is 1. The fourth-order valence-corrected chi connectivity index (χ4v) is 3.16. The minimum atomic E-state index is 0.184. The molecular formula is C17H25N3O. The molecule has 1 amide bonds. The van der Waals surface area contributed by atoms with E-state index < -0.39 is 0 Å². The van der Waals surface area contributed by atoms with Crippen LogP contribution >= 0.6 is 0 Å². The van der Waals surface area contributed by atoms with E-state index in [2.05, 4.69) is 22.8 Å². The van der Waals surface area contributed by atoms with Crippen LogP contribution in [0, 0.1) is 0 Å². The lowest BCUT2D eigenvalue weighted by Crippen LogP contribution is -2.42. The van der Waals surface area contributed by atoms with Crippen molar-refractivity contribution in [3.63, 3.8) is 0 Å². The summed E-state index contributed by atoms with van der Waals surface area (Å²) in [6, 6.07) is 8.66. The molecule has 2 aliphatic rings. The number of likely N-dealkylation sites (tertiary alicyclic amines) is 1. The minimum Gasteiger partial charge on any atom is -0.339 e. The molecule has 0 unspecified atom stereocenters. The molecule has 2 aliphatic heterocycles. The zero-order valence-electron chi connectivity index (χ0n) is 12.6. The van der Waals surface area contributed by atoms with E-state index in [1.54, 1.807) is 0 Å². The standard InChI is InChI=1S/C17H25N3O/c21-17(20-10-1-2-11-20)15-7-5-14(6-8-15)12-19-16-4-3-9-18-13-16/h5-8,16,18-19H,1-4,9-13H2/t16-/m1/s1. The Morgan fingerprint density at radius 2 is 1.95 bits per heavy atom. The number of piperidine rings is 1. The second-order valence-corrected chi connectivity index (χ2v) is 6.12. The smallest absolute Gasteiger partial charge is 0.253 e. The van der Waals surface area contributed by atoms with Crippen LogP contribution in [-0.2, 0) is 6.54 Å². The molecule has 0 radical (unpaired) electrons. The molecule has 0 spiro atoms. The summed E-state index contributed by atoms with van der Waals surface area (Å²) >= 11 is 0. The summed E-state index contributed by atoms with van der Waals surface area (Å²) in [5.74, 6) is 0.184. The van der Waals surface area contributed by atoms with Gasteiger partial charge in [0.05, 0.1) is 0 Å². The van der Waals surface area contributed by atoms with Gasteiger partial charge in [-0.1, -0.05) is 12.1 Å². The SMILES string of the molecule is O=C(c1ccc(CN[C@@H]2CCCNC2)cc1)N1CCCC1. The van der Waals surface area contributed by atoms with Crippen molar-refractivity contribution in [2.24, 2.45) is 0 Å². The lowest BCUT2D eigenvalue weighted by Gasteiger charge is -2.24. The Hall–Kier alpha value is -1.39. The van der Waals surface area contributed by atoms with Crippen molar-refractivity contribution >= 4 is 5.91 Å². The number of nitrogens with zero attached hydrogens (tertiary/aromatic N) is 1. The summed E-state index contributed by atoms with van der Waals surface area (Å²) in [6.07, 6.45) is 4.78. The predicted molar refractivity (Wildman–Crippen MR) is 84.3 cm³/mol.